The lowest BCUT2D eigenvalue weighted by Crippen LogP contribution is -2.20. The minimum atomic E-state index is -0.412. The standard InChI is InChI=1S/C28H28FN5O2S/c1-28(2,3)21-11-9-19(10-12-21)26-32-33-27(34(26)22-13-15-23(36-4)16-14-22)37-18-25(35)31-30-17-20-7-5-6-8-24(20)29/h5-17H,18H2,1-4H3,(H,31,35)/b30-17+. The molecule has 1 heterocycles. The van der Waals surface area contributed by atoms with Crippen LogP contribution in [0.2, 0.25) is 0 Å². The van der Waals surface area contributed by atoms with E-state index in [9.17, 15) is 9.18 Å². The molecule has 7 nitrogen and oxygen atoms in total. The number of hydrogen-bond acceptors (Lipinski definition) is 6. The van der Waals surface area contributed by atoms with Crippen molar-refractivity contribution in [1.82, 2.24) is 20.2 Å². The summed E-state index contributed by atoms with van der Waals surface area (Å²) in [6.07, 6.45) is 1.27. The number of carbonyl (C=O) groups excluding carboxylic acids is 1. The maximum atomic E-state index is 13.7. The number of nitrogens with one attached hydrogen (secondary N) is 1. The fraction of sp³-hybridized carbons (Fsp3) is 0.214. The van der Waals surface area contributed by atoms with Crippen molar-refractivity contribution < 1.29 is 13.9 Å². The van der Waals surface area contributed by atoms with Crippen molar-refractivity contribution in [2.75, 3.05) is 12.9 Å². The number of halogens is 1. The Kier molecular flexibility index (Phi) is 8.03. The largest absolute Gasteiger partial charge is 0.497 e. The van der Waals surface area contributed by atoms with Crippen molar-refractivity contribution >= 4 is 23.9 Å². The second kappa shape index (κ2) is 11.4. The number of amides is 1. The van der Waals surface area contributed by atoms with Gasteiger partial charge in [0.15, 0.2) is 11.0 Å². The van der Waals surface area contributed by atoms with Gasteiger partial charge in [-0.2, -0.15) is 5.10 Å². The van der Waals surface area contributed by atoms with E-state index in [1.807, 2.05) is 41.0 Å². The number of benzene rings is 3. The molecule has 1 amide bonds. The van der Waals surface area contributed by atoms with Gasteiger partial charge in [-0.25, -0.2) is 9.82 Å². The molecule has 1 aromatic heterocycles. The average Bonchev–Trinajstić information content (AvgIpc) is 3.32. The lowest BCUT2D eigenvalue weighted by atomic mass is 9.87. The van der Waals surface area contributed by atoms with E-state index in [1.54, 1.807) is 25.3 Å². The van der Waals surface area contributed by atoms with E-state index in [0.29, 0.717) is 11.0 Å². The summed E-state index contributed by atoms with van der Waals surface area (Å²) in [7, 11) is 1.62. The molecule has 0 aliphatic carbocycles. The number of hydrazone groups is 1. The summed E-state index contributed by atoms with van der Waals surface area (Å²) < 4.78 is 20.9. The molecule has 0 aliphatic heterocycles. The minimum Gasteiger partial charge on any atom is -0.497 e. The Morgan fingerprint density at radius 2 is 1.76 bits per heavy atom. The molecule has 190 valence electrons. The first-order valence-electron chi connectivity index (χ1n) is 11.7. The number of carbonyl (C=O) groups is 1. The molecule has 0 atom stereocenters. The van der Waals surface area contributed by atoms with Gasteiger partial charge >= 0.3 is 0 Å². The normalized spacial score (nSPS) is 11.6. The number of rotatable bonds is 8. The number of methoxy groups -OCH3 is 1. The van der Waals surface area contributed by atoms with E-state index in [0.717, 1.165) is 17.0 Å². The highest BCUT2D eigenvalue weighted by Crippen LogP contribution is 2.30. The molecule has 0 aliphatic rings. The molecule has 0 saturated heterocycles. The van der Waals surface area contributed by atoms with E-state index in [2.05, 4.69) is 53.6 Å². The quantitative estimate of drug-likeness (QED) is 0.186. The van der Waals surface area contributed by atoms with E-state index >= 15 is 0 Å². The molecule has 4 aromatic rings. The first-order chi connectivity index (χ1) is 17.8. The van der Waals surface area contributed by atoms with Gasteiger partial charge in [0.2, 0.25) is 0 Å². The van der Waals surface area contributed by atoms with E-state index in [1.165, 1.54) is 29.6 Å². The lowest BCUT2D eigenvalue weighted by molar-refractivity contribution is -0.118. The van der Waals surface area contributed by atoms with E-state index in [4.69, 9.17) is 4.74 Å². The van der Waals surface area contributed by atoms with Crippen molar-refractivity contribution in [1.29, 1.82) is 0 Å². The molecule has 3 aromatic carbocycles. The third-order valence-electron chi connectivity index (χ3n) is 5.60. The van der Waals surface area contributed by atoms with Gasteiger partial charge in [-0.05, 0) is 41.3 Å². The molecule has 0 bridgehead atoms. The fourth-order valence-electron chi connectivity index (χ4n) is 3.55. The van der Waals surface area contributed by atoms with Crippen LogP contribution in [0.4, 0.5) is 4.39 Å². The molecule has 0 saturated carbocycles. The van der Waals surface area contributed by atoms with Crippen LogP contribution >= 0.6 is 11.8 Å². The summed E-state index contributed by atoms with van der Waals surface area (Å²) in [4.78, 5) is 12.4. The summed E-state index contributed by atoms with van der Waals surface area (Å²) in [6, 6.07) is 22.0. The van der Waals surface area contributed by atoms with Gasteiger partial charge < -0.3 is 4.74 Å². The van der Waals surface area contributed by atoms with Gasteiger partial charge in [-0.15, -0.1) is 10.2 Å². The predicted octanol–water partition coefficient (Wildman–Crippen LogP) is 5.62. The highest BCUT2D eigenvalue weighted by molar-refractivity contribution is 7.99. The first kappa shape index (κ1) is 26.1. The highest BCUT2D eigenvalue weighted by Gasteiger charge is 2.19. The van der Waals surface area contributed by atoms with Gasteiger partial charge in [-0.1, -0.05) is 75.0 Å². The number of aromatic nitrogens is 3. The molecule has 0 fully saturated rings. The number of nitrogens with zero attached hydrogens (tertiary/aromatic N) is 4. The Hall–Kier alpha value is -3.98. The van der Waals surface area contributed by atoms with Gasteiger partial charge in [0.05, 0.1) is 19.1 Å². The predicted molar refractivity (Wildman–Crippen MR) is 145 cm³/mol. The van der Waals surface area contributed by atoms with Crippen LogP contribution in [-0.4, -0.2) is 39.7 Å². The lowest BCUT2D eigenvalue weighted by Gasteiger charge is -2.19. The summed E-state index contributed by atoms with van der Waals surface area (Å²) in [5.41, 5.74) is 5.71. The second-order valence-electron chi connectivity index (χ2n) is 9.27. The molecular weight excluding hydrogens is 489 g/mol. The summed E-state index contributed by atoms with van der Waals surface area (Å²) in [5, 5.41) is 13.2. The van der Waals surface area contributed by atoms with Gasteiger partial charge in [0.25, 0.3) is 5.91 Å². The summed E-state index contributed by atoms with van der Waals surface area (Å²) in [6.45, 7) is 6.51. The Balaban J connectivity index is 1.56. The molecule has 4 rings (SSSR count). The Labute approximate surface area is 219 Å². The highest BCUT2D eigenvalue weighted by atomic mass is 32.2. The first-order valence-corrected chi connectivity index (χ1v) is 12.6. The number of hydrogen-bond donors (Lipinski definition) is 1. The molecule has 37 heavy (non-hydrogen) atoms. The average molecular weight is 518 g/mol. The zero-order valence-corrected chi connectivity index (χ0v) is 21.9. The van der Waals surface area contributed by atoms with Crippen LogP contribution in [0.25, 0.3) is 17.1 Å². The fourth-order valence-corrected chi connectivity index (χ4v) is 4.29. The van der Waals surface area contributed by atoms with Crippen molar-refractivity contribution in [3.8, 4) is 22.8 Å². The Bertz CT molecular complexity index is 1390. The van der Waals surface area contributed by atoms with Crippen LogP contribution in [0.5, 0.6) is 5.75 Å². The SMILES string of the molecule is COc1ccc(-n2c(SCC(=O)N/N=C/c3ccccc3F)nnc2-c2ccc(C(C)(C)C)cc2)cc1. The van der Waals surface area contributed by atoms with Crippen molar-refractivity contribution in [3.05, 3.63) is 89.7 Å². The molecule has 0 unspecified atom stereocenters. The second-order valence-corrected chi connectivity index (χ2v) is 10.2. The van der Waals surface area contributed by atoms with Crippen molar-refractivity contribution in [3.63, 3.8) is 0 Å². The van der Waals surface area contributed by atoms with Crippen LogP contribution in [-0.2, 0) is 10.2 Å². The third-order valence-corrected chi connectivity index (χ3v) is 6.53. The minimum absolute atomic E-state index is 0.0331. The van der Waals surface area contributed by atoms with Gasteiger partial charge in [0.1, 0.15) is 11.6 Å². The van der Waals surface area contributed by atoms with Crippen LogP contribution < -0.4 is 10.2 Å². The van der Waals surface area contributed by atoms with Crippen molar-refractivity contribution in [2.45, 2.75) is 31.3 Å². The molecule has 9 heteroatoms. The molecule has 0 spiro atoms. The van der Waals surface area contributed by atoms with Crippen LogP contribution in [0.1, 0.15) is 31.9 Å². The van der Waals surface area contributed by atoms with E-state index in [-0.39, 0.29) is 22.6 Å². The third kappa shape index (κ3) is 6.42. The van der Waals surface area contributed by atoms with Crippen LogP contribution in [0.15, 0.2) is 83.1 Å². The van der Waals surface area contributed by atoms with Crippen molar-refractivity contribution in [2.24, 2.45) is 5.10 Å². The molecule has 0 radical (unpaired) electrons. The number of ether oxygens (including phenoxy) is 1. The summed E-state index contributed by atoms with van der Waals surface area (Å²) in [5.74, 6) is 0.676. The Morgan fingerprint density at radius 1 is 1.05 bits per heavy atom. The Morgan fingerprint density at radius 3 is 2.41 bits per heavy atom. The van der Waals surface area contributed by atoms with Gasteiger partial charge in [0, 0.05) is 16.8 Å². The molecular formula is C28H28FN5O2S. The monoisotopic (exact) mass is 517 g/mol. The van der Waals surface area contributed by atoms with E-state index < -0.39 is 5.82 Å². The zero-order valence-electron chi connectivity index (χ0n) is 21.1. The zero-order chi connectivity index (χ0) is 26.4. The van der Waals surface area contributed by atoms with Crippen LogP contribution in [0.3, 0.4) is 0 Å². The topological polar surface area (TPSA) is 81.4 Å². The molecule has 1 N–H and O–H groups in total. The number of thioether (sulfide) groups is 1. The van der Waals surface area contributed by atoms with Gasteiger partial charge in [-0.3, -0.25) is 9.36 Å². The smallest absolute Gasteiger partial charge is 0.250 e. The maximum Gasteiger partial charge on any atom is 0.250 e. The summed E-state index contributed by atoms with van der Waals surface area (Å²) >= 11 is 1.23. The van der Waals surface area contributed by atoms with Crippen LogP contribution in [0, 0.1) is 5.82 Å². The maximum absolute atomic E-state index is 13.7.